The number of hydrogen-bond acceptors (Lipinski definition) is 2. The Kier molecular flexibility index (Phi) is 7.76. The van der Waals surface area contributed by atoms with E-state index in [1.807, 2.05) is 49.9 Å². The number of halogens is 1. The number of carbonyl (C=O) groups excluding carboxylic acids is 1. The highest BCUT2D eigenvalue weighted by molar-refractivity contribution is 6.31. The standard InChI is InChI=1S/C17H27ClN2O/c1-4-20(12-15-10-5-6-11-16(15)18)17(21)13(2)8-7-9-14(3)19/h5-6,10-11,13-14H,4,7-9,12,19H2,1-3H3. The molecule has 0 heterocycles. The summed E-state index contributed by atoms with van der Waals surface area (Å²) in [5.41, 5.74) is 6.75. The molecular formula is C17H27ClN2O. The number of carbonyl (C=O) groups is 1. The largest absolute Gasteiger partial charge is 0.338 e. The Morgan fingerprint density at radius 1 is 1.29 bits per heavy atom. The predicted molar refractivity (Wildman–Crippen MR) is 89.2 cm³/mol. The van der Waals surface area contributed by atoms with Crippen LogP contribution in [0.4, 0.5) is 0 Å². The summed E-state index contributed by atoms with van der Waals surface area (Å²) in [6.45, 7) is 7.28. The van der Waals surface area contributed by atoms with Gasteiger partial charge in [0.2, 0.25) is 5.91 Å². The van der Waals surface area contributed by atoms with Gasteiger partial charge in [-0.15, -0.1) is 0 Å². The molecule has 1 aromatic rings. The van der Waals surface area contributed by atoms with Crippen molar-refractivity contribution in [2.75, 3.05) is 6.54 Å². The van der Waals surface area contributed by atoms with Gasteiger partial charge in [0.05, 0.1) is 0 Å². The van der Waals surface area contributed by atoms with E-state index in [9.17, 15) is 4.79 Å². The summed E-state index contributed by atoms with van der Waals surface area (Å²) in [6, 6.07) is 7.89. The maximum atomic E-state index is 12.5. The number of nitrogens with two attached hydrogens (primary N) is 1. The quantitative estimate of drug-likeness (QED) is 0.793. The van der Waals surface area contributed by atoms with Crippen molar-refractivity contribution >= 4 is 17.5 Å². The van der Waals surface area contributed by atoms with Crippen LogP contribution in [0.1, 0.15) is 45.6 Å². The molecule has 0 radical (unpaired) electrons. The normalized spacial score (nSPS) is 13.8. The average Bonchev–Trinajstić information content (AvgIpc) is 2.45. The van der Waals surface area contributed by atoms with Gasteiger partial charge in [-0.3, -0.25) is 4.79 Å². The highest BCUT2D eigenvalue weighted by atomic mass is 35.5. The van der Waals surface area contributed by atoms with Crippen molar-refractivity contribution < 1.29 is 4.79 Å². The fraction of sp³-hybridized carbons (Fsp3) is 0.588. The van der Waals surface area contributed by atoms with Gasteiger partial charge in [-0.05, 0) is 38.3 Å². The Morgan fingerprint density at radius 2 is 1.95 bits per heavy atom. The van der Waals surface area contributed by atoms with E-state index in [4.69, 9.17) is 17.3 Å². The minimum atomic E-state index is 0.0335. The van der Waals surface area contributed by atoms with Gasteiger partial charge in [0.1, 0.15) is 0 Å². The fourth-order valence-electron chi connectivity index (χ4n) is 2.36. The lowest BCUT2D eigenvalue weighted by Crippen LogP contribution is -2.34. The van der Waals surface area contributed by atoms with Crippen LogP contribution in [0.2, 0.25) is 5.02 Å². The van der Waals surface area contributed by atoms with Crippen molar-refractivity contribution in [3.63, 3.8) is 0 Å². The zero-order chi connectivity index (χ0) is 15.8. The van der Waals surface area contributed by atoms with Crippen LogP contribution in [0.5, 0.6) is 0 Å². The van der Waals surface area contributed by atoms with Crippen molar-refractivity contribution in [3.8, 4) is 0 Å². The summed E-state index contributed by atoms with van der Waals surface area (Å²) in [5, 5.41) is 0.716. The molecule has 0 saturated heterocycles. The van der Waals surface area contributed by atoms with Gasteiger partial charge in [0.15, 0.2) is 0 Å². The van der Waals surface area contributed by atoms with Gasteiger partial charge in [-0.25, -0.2) is 0 Å². The van der Waals surface area contributed by atoms with Crippen LogP contribution in [0.3, 0.4) is 0 Å². The van der Waals surface area contributed by atoms with E-state index in [1.54, 1.807) is 0 Å². The molecule has 0 aliphatic rings. The van der Waals surface area contributed by atoms with Crippen LogP contribution >= 0.6 is 11.6 Å². The molecule has 1 rings (SSSR count). The van der Waals surface area contributed by atoms with E-state index in [2.05, 4.69) is 0 Å². The lowest BCUT2D eigenvalue weighted by atomic mass is 10.0. The molecule has 2 unspecified atom stereocenters. The highest BCUT2D eigenvalue weighted by Gasteiger charge is 2.20. The Bertz CT molecular complexity index is 448. The second-order valence-electron chi connectivity index (χ2n) is 5.75. The maximum Gasteiger partial charge on any atom is 0.225 e. The number of amides is 1. The van der Waals surface area contributed by atoms with Crippen molar-refractivity contribution in [2.45, 2.75) is 52.6 Å². The maximum absolute atomic E-state index is 12.5. The Labute approximate surface area is 133 Å². The van der Waals surface area contributed by atoms with Crippen molar-refractivity contribution in [1.82, 2.24) is 4.90 Å². The second-order valence-corrected chi connectivity index (χ2v) is 6.16. The molecule has 2 atom stereocenters. The van der Waals surface area contributed by atoms with Crippen molar-refractivity contribution in [2.24, 2.45) is 11.7 Å². The van der Waals surface area contributed by atoms with E-state index in [0.29, 0.717) is 18.1 Å². The monoisotopic (exact) mass is 310 g/mol. The van der Waals surface area contributed by atoms with E-state index < -0.39 is 0 Å². The SMILES string of the molecule is CCN(Cc1ccccc1Cl)C(=O)C(C)CCCC(C)N. The molecule has 1 amide bonds. The first-order valence-corrected chi connectivity index (χ1v) is 8.11. The molecule has 0 bridgehead atoms. The molecule has 0 aliphatic heterocycles. The third-order valence-electron chi connectivity index (χ3n) is 3.73. The number of benzene rings is 1. The van der Waals surface area contributed by atoms with Crippen LogP contribution in [0.25, 0.3) is 0 Å². The number of rotatable bonds is 8. The summed E-state index contributed by atoms with van der Waals surface area (Å²) in [5.74, 6) is 0.230. The molecule has 0 spiro atoms. The lowest BCUT2D eigenvalue weighted by molar-refractivity contribution is -0.135. The van der Waals surface area contributed by atoms with Gasteiger partial charge in [-0.1, -0.05) is 43.1 Å². The third kappa shape index (κ3) is 6.06. The summed E-state index contributed by atoms with van der Waals surface area (Å²) < 4.78 is 0. The third-order valence-corrected chi connectivity index (χ3v) is 4.10. The Balaban J connectivity index is 2.58. The van der Waals surface area contributed by atoms with Crippen LogP contribution < -0.4 is 5.73 Å². The molecule has 0 aliphatic carbocycles. The Hall–Kier alpha value is -1.06. The molecule has 4 heteroatoms. The second kappa shape index (κ2) is 9.06. The zero-order valence-electron chi connectivity index (χ0n) is 13.3. The van der Waals surface area contributed by atoms with Gasteiger partial charge in [0.25, 0.3) is 0 Å². The van der Waals surface area contributed by atoms with Crippen LogP contribution in [0.15, 0.2) is 24.3 Å². The van der Waals surface area contributed by atoms with E-state index >= 15 is 0 Å². The molecule has 2 N–H and O–H groups in total. The van der Waals surface area contributed by atoms with Crippen LogP contribution in [-0.2, 0) is 11.3 Å². The molecule has 0 aromatic heterocycles. The molecule has 0 fully saturated rings. The molecule has 0 saturated carbocycles. The minimum absolute atomic E-state index is 0.0335. The molecule has 118 valence electrons. The smallest absolute Gasteiger partial charge is 0.225 e. The molecule has 3 nitrogen and oxygen atoms in total. The number of hydrogen-bond donors (Lipinski definition) is 1. The minimum Gasteiger partial charge on any atom is -0.338 e. The first-order chi connectivity index (χ1) is 9.95. The molecule has 1 aromatic carbocycles. The summed E-state index contributed by atoms with van der Waals surface area (Å²) in [7, 11) is 0. The van der Waals surface area contributed by atoms with Gasteiger partial charge < -0.3 is 10.6 Å². The zero-order valence-corrected chi connectivity index (χ0v) is 14.1. The highest BCUT2D eigenvalue weighted by Crippen LogP contribution is 2.19. The molecular weight excluding hydrogens is 284 g/mol. The van der Waals surface area contributed by atoms with Crippen LogP contribution in [-0.4, -0.2) is 23.4 Å². The summed E-state index contributed by atoms with van der Waals surface area (Å²) >= 11 is 6.18. The summed E-state index contributed by atoms with van der Waals surface area (Å²) in [6.07, 6.45) is 2.85. The molecule has 21 heavy (non-hydrogen) atoms. The van der Waals surface area contributed by atoms with Gasteiger partial charge >= 0.3 is 0 Å². The van der Waals surface area contributed by atoms with Crippen molar-refractivity contribution in [3.05, 3.63) is 34.9 Å². The Morgan fingerprint density at radius 3 is 2.52 bits per heavy atom. The van der Waals surface area contributed by atoms with Gasteiger partial charge in [0, 0.05) is 30.1 Å². The van der Waals surface area contributed by atoms with E-state index in [-0.39, 0.29) is 17.9 Å². The van der Waals surface area contributed by atoms with E-state index in [0.717, 1.165) is 24.8 Å². The predicted octanol–water partition coefficient (Wildman–Crippen LogP) is 3.84. The summed E-state index contributed by atoms with van der Waals surface area (Å²) in [4.78, 5) is 14.4. The first kappa shape index (κ1) is 18.0. The van der Waals surface area contributed by atoms with E-state index in [1.165, 1.54) is 0 Å². The fourth-order valence-corrected chi connectivity index (χ4v) is 2.55. The van der Waals surface area contributed by atoms with Crippen molar-refractivity contribution in [1.29, 1.82) is 0 Å². The van der Waals surface area contributed by atoms with Gasteiger partial charge in [-0.2, -0.15) is 0 Å². The first-order valence-electron chi connectivity index (χ1n) is 7.73. The number of nitrogens with zero attached hydrogens (tertiary/aromatic N) is 1. The average molecular weight is 311 g/mol. The van der Waals surface area contributed by atoms with Crippen LogP contribution in [0, 0.1) is 5.92 Å². The lowest BCUT2D eigenvalue weighted by Gasteiger charge is -2.25. The topological polar surface area (TPSA) is 46.3 Å².